The molecule has 5 heteroatoms. The lowest BCUT2D eigenvalue weighted by atomic mass is 10.3. The van der Waals surface area contributed by atoms with Gasteiger partial charge in [-0.15, -0.1) is 0 Å². The van der Waals surface area contributed by atoms with E-state index in [4.69, 9.17) is 4.74 Å². The van der Waals surface area contributed by atoms with Crippen LogP contribution in [0.5, 0.6) is 5.75 Å². The van der Waals surface area contributed by atoms with E-state index in [2.05, 4.69) is 15.6 Å². The fourth-order valence-corrected chi connectivity index (χ4v) is 1.45. The number of aryl methyl sites for hydroxylation is 1. The smallest absolute Gasteiger partial charge is 0.216 e. The number of rotatable bonds is 6. The van der Waals surface area contributed by atoms with E-state index < -0.39 is 0 Å². The van der Waals surface area contributed by atoms with Crippen molar-refractivity contribution in [2.75, 3.05) is 20.2 Å². The van der Waals surface area contributed by atoms with E-state index >= 15 is 0 Å². The van der Waals surface area contributed by atoms with Crippen LogP contribution in [-0.4, -0.2) is 31.1 Å². The monoisotopic (exact) mass is 237 g/mol. The minimum Gasteiger partial charge on any atom is -0.497 e. The first kappa shape index (κ1) is 13.4. The molecule has 0 aliphatic carbocycles. The molecule has 1 rings (SSSR count). The molecule has 17 heavy (non-hydrogen) atoms. The summed E-state index contributed by atoms with van der Waals surface area (Å²) in [6.07, 6.45) is 0. The fraction of sp³-hybridized carbons (Fsp3) is 0.500. The predicted octanol–water partition coefficient (Wildman–Crippen LogP) is 0.624. The second-order valence-corrected chi connectivity index (χ2v) is 3.80. The highest BCUT2D eigenvalue weighted by Crippen LogP contribution is 2.12. The Bertz CT molecular complexity index is 380. The first-order chi connectivity index (χ1) is 8.11. The van der Waals surface area contributed by atoms with Gasteiger partial charge in [0.1, 0.15) is 5.75 Å². The molecule has 0 spiro atoms. The number of nitrogens with one attached hydrogen (secondary N) is 2. The van der Waals surface area contributed by atoms with Crippen LogP contribution in [-0.2, 0) is 11.3 Å². The van der Waals surface area contributed by atoms with Gasteiger partial charge in [-0.25, -0.2) is 0 Å². The zero-order valence-corrected chi connectivity index (χ0v) is 10.5. The van der Waals surface area contributed by atoms with E-state index in [9.17, 15) is 4.79 Å². The summed E-state index contributed by atoms with van der Waals surface area (Å²) in [4.78, 5) is 15.0. The van der Waals surface area contributed by atoms with Gasteiger partial charge in [0.05, 0.1) is 12.8 Å². The molecular weight excluding hydrogens is 218 g/mol. The van der Waals surface area contributed by atoms with Gasteiger partial charge < -0.3 is 15.4 Å². The zero-order valence-electron chi connectivity index (χ0n) is 10.5. The number of hydrogen-bond acceptors (Lipinski definition) is 4. The molecule has 1 aromatic heterocycles. The van der Waals surface area contributed by atoms with Crippen LogP contribution >= 0.6 is 0 Å². The summed E-state index contributed by atoms with van der Waals surface area (Å²) in [6, 6.07) is 3.79. The third kappa shape index (κ3) is 5.31. The number of carbonyl (C=O) groups excluding carboxylic acids is 1. The van der Waals surface area contributed by atoms with Crippen LogP contribution < -0.4 is 15.4 Å². The van der Waals surface area contributed by atoms with Gasteiger partial charge in [-0.05, 0) is 6.92 Å². The molecule has 0 aliphatic rings. The minimum atomic E-state index is -0.0119. The Hall–Kier alpha value is -1.62. The molecule has 0 aliphatic heterocycles. The lowest BCUT2D eigenvalue weighted by Crippen LogP contribution is -2.30. The summed E-state index contributed by atoms with van der Waals surface area (Å²) in [5.41, 5.74) is 1.87. The Kier molecular flexibility index (Phi) is 5.42. The summed E-state index contributed by atoms with van der Waals surface area (Å²) in [6.45, 7) is 5.45. The average Bonchev–Trinajstić information content (AvgIpc) is 2.27. The van der Waals surface area contributed by atoms with Crippen molar-refractivity contribution in [1.29, 1.82) is 0 Å². The lowest BCUT2D eigenvalue weighted by molar-refractivity contribution is -0.118. The largest absolute Gasteiger partial charge is 0.497 e. The van der Waals surface area contributed by atoms with Gasteiger partial charge in [-0.3, -0.25) is 9.78 Å². The topological polar surface area (TPSA) is 63.2 Å². The molecule has 0 atom stereocenters. The summed E-state index contributed by atoms with van der Waals surface area (Å²) >= 11 is 0. The maximum absolute atomic E-state index is 10.6. The molecule has 5 nitrogen and oxygen atoms in total. The molecule has 2 N–H and O–H groups in total. The number of carbonyl (C=O) groups is 1. The third-order valence-electron chi connectivity index (χ3n) is 2.20. The molecule has 1 aromatic rings. The highest BCUT2D eigenvalue weighted by molar-refractivity contribution is 5.72. The number of amides is 1. The molecule has 94 valence electrons. The zero-order chi connectivity index (χ0) is 12.7. The van der Waals surface area contributed by atoms with Crippen molar-refractivity contribution >= 4 is 5.91 Å². The van der Waals surface area contributed by atoms with Crippen molar-refractivity contribution in [2.45, 2.75) is 20.4 Å². The van der Waals surface area contributed by atoms with Crippen molar-refractivity contribution in [2.24, 2.45) is 0 Å². The van der Waals surface area contributed by atoms with Gasteiger partial charge in [0, 0.05) is 44.4 Å². The quantitative estimate of drug-likeness (QED) is 0.712. The second kappa shape index (κ2) is 6.85. The highest BCUT2D eigenvalue weighted by atomic mass is 16.5. The van der Waals surface area contributed by atoms with Crippen molar-refractivity contribution in [3.8, 4) is 5.75 Å². The van der Waals surface area contributed by atoms with E-state index in [1.54, 1.807) is 7.11 Å². The van der Waals surface area contributed by atoms with Crippen molar-refractivity contribution < 1.29 is 9.53 Å². The molecule has 1 heterocycles. The van der Waals surface area contributed by atoms with E-state index in [1.165, 1.54) is 6.92 Å². The first-order valence-electron chi connectivity index (χ1n) is 5.58. The van der Waals surface area contributed by atoms with E-state index in [0.717, 1.165) is 23.7 Å². The van der Waals surface area contributed by atoms with Crippen LogP contribution in [0.4, 0.5) is 0 Å². The van der Waals surface area contributed by atoms with Crippen LogP contribution in [0.25, 0.3) is 0 Å². The normalized spacial score (nSPS) is 10.1. The van der Waals surface area contributed by atoms with Crippen LogP contribution in [0.15, 0.2) is 12.1 Å². The SMILES string of the molecule is COc1cc(C)nc(CNCCNC(C)=O)c1. The molecule has 0 saturated carbocycles. The molecule has 0 unspecified atom stereocenters. The third-order valence-corrected chi connectivity index (χ3v) is 2.20. The second-order valence-electron chi connectivity index (χ2n) is 3.80. The Morgan fingerprint density at radius 2 is 2.18 bits per heavy atom. The van der Waals surface area contributed by atoms with Gasteiger partial charge in [0.2, 0.25) is 5.91 Å². The molecule has 1 amide bonds. The number of hydrogen-bond donors (Lipinski definition) is 2. The average molecular weight is 237 g/mol. The Morgan fingerprint density at radius 3 is 2.82 bits per heavy atom. The van der Waals surface area contributed by atoms with E-state index in [1.807, 2.05) is 19.1 Å². The molecule has 0 radical (unpaired) electrons. The van der Waals surface area contributed by atoms with Gasteiger partial charge in [0.25, 0.3) is 0 Å². The Labute approximate surface area is 102 Å². The molecule has 0 fully saturated rings. The minimum absolute atomic E-state index is 0.0119. The molecule has 0 bridgehead atoms. The summed E-state index contributed by atoms with van der Waals surface area (Å²) < 4.78 is 5.17. The number of aromatic nitrogens is 1. The van der Waals surface area contributed by atoms with Gasteiger partial charge in [-0.1, -0.05) is 0 Å². The van der Waals surface area contributed by atoms with Crippen LogP contribution in [0.3, 0.4) is 0 Å². The maximum Gasteiger partial charge on any atom is 0.216 e. The van der Waals surface area contributed by atoms with Gasteiger partial charge in [-0.2, -0.15) is 0 Å². The summed E-state index contributed by atoms with van der Waals surface area (Å²) in [5, 5.41) is 5.92. The first-order valence-corrected chi connectivity index (χ1v) is 5.58. The van der Waals surface area contributed by atoms with Crippen LogP contribution in [0, 0.1) is 6.92 Å². The molecule has 0 saturated heterocycles. The number of ether oxygens (including phenoxy) is 1. The van der Waals surface area contributed by atoms with Crippen molar-refractivity contribution in [3.05, 3.63) is 23.5 Å². The number of methoxy groups -OCH3 is 1. The standard InChI is InChI=1S/C12H19N3O2/c1-9-6-12(17-3)7-11(15-9)8-13-4-5-14-10(2)16/h6-7,13H,4-5,8H2,1-3H3,(H,14,16). The van der Waals surface area contributed by atoms with Crippen LogP contribution in [0.2, 0.25) is 0 Å². The maximum atomic E-state index is 10.6. The summed E-state index contributed by atoms with van der Waals surface area (Å²) in [7, 11) is 1.64. The van der Waals surface area contributed by atoms with Gasteiger partial charge in [0.15, 0.2) is 0 Å². The number of nitrogens with zero attached hydrogens (tertiary/aromatic N) is 1. The Morgan fingerprint density at radius 1 is 1.41 bits per heavy atom. The van der Waals surface area contributed by atoms with E-state index in [-0.39, 0.29) is 5.91 Å². The van der Waals surface area contributed by atoms with E-state index in [0.29, 0.717) is 13.1 Å². The van der Waals surface area contributed by atoms with Gasteiger partial charge >= 0.3 is 0 Å². The molecular formula is C12H19N3O2. The van der Waals surface area contributed by atoms with Crippen molar-refractivity contribution in [3.63, 3.8) is 0 Å². The Balaban J connectivity index is 2.36. The molecule has 0 aromatic carbocycles. The fourth-order valence-electron chi connectivity index (χ4n) is 1.45. The predicted molar refractivity (Wildman–Crippen MR) is 65.9 cm³/mol. The van der Waals surface area contributed by atoms with Crippen molar-refractivity contribution in [1.82, 2.24) is 15.6 Å². The van der Waals surface area contributed by atoms with Crippen LogP contribution in [0.1, 0.15) is 18.3 Å². The highest BCUT2D eigenvalue weighted by Gasteiger charge is 2.00. The number of pyridine rings is 1. The lowest BCUT2D eigenvalue weighted by Gasteiger charge is -2.07. The summed E-state index contributed by atoms with van der Waals surface area (Å²) in [5.74, 6) is 0.804.